The van der Waals surface area contributed by atoms with E-state index in [1.807, 2.05) is 0 Å². The predicted octanol–water partition coefficient (Wildman–Crippen LogP) is 1.68. The number of carbonyl (C=O) groups is 1. The van der Waals surface area contributed by atoms with Crippen LogP contribution in [-0.2, 0) is 0 Å². The van der Waals surface area contributed by atoms with Crippen molar-refractivity contribution in [2.24, 2.45) is 4.99 Å². The van der Waals surface area contributed by atoms with Gasteiger partial charge in [0, 0.05) is 12.6 Å². The van der Waals surface area contributed by atoms with Gasteiger partial charge in [0.25, 0.3) is 0 Å². The molecule has 12 heavy (non-hydrogen) atoms. The molecule has 2 rings (SSSR count). The Morgan fingerprint density at radius 1 is 1.42 bits per heavy atom. The minimum Gasteiger partial charge on any atom is -0.507 e. The normalized spacial score (nSPS) is 14.5. The second-order valence-corrected chi connectivity index (χ2v) is 2.61. The summed E-state index contributed by atoms with van der Waals surface area (Å²) in [6.07, 6.45) is 1.84. The van der Waals surface area contributed by atoms with Crippen molar-refractivity contribution in [2.45, 2.75) is 6.42 Å². The van der Waals surface area contributed by atoms with Crippen molar-refractivity contribution in [1.29, 1.82) is 0 Å². The zero-order chi connectivity index (χ0) is 8.55. The maximum atomic E-state index is 11.3. The lowest BCUT2D eigenvalue weighted by Crippen LogP contribution is -2.04. The molecule has 1 N–H and O–H groups in total. The first-order valence-corrected chi connectivity index (χ1v) is 3.67. The fraction of sp³-hybridized carbons (Fsp3) is 0.111. The summed E-state index contributed by atoms with van der Waals surface area (Å²) in [5.41, 5.74) is 0.909. The monoisotopic (exact) mass is 161 g/mol. The molecule has 0 bridgehead atoms. The lowest BCUT2D eigenvalue weighted by Gasteiger charge is -2.08. The van der Waals surface area contributed by atoms with Gasteiger partial charge in [-0.15, -0.1) is 0 Å². The van der Waals surface area contributed by atoms with E-state index in [-0.39, 0.29) is 18.0 Å². The molecule has 1 aliphatic rings. The third kappa shape index (κ3) is 0.906. The first-order chi connectivity index (χ1) is 5.79. The van der Waals surface area contributed by atoms with Crippen molar-refractivity contribution in [3.63, 3.8) is 0 Å². The van der Waals surface area contributed by atoms with Gasteiger partial charge in [0.1, 0.15) is 5.75 Å². The number of nitrogens with zero attached hydrogens (tertiary/aromatic N) is 1. The van der Waals surface area contributed by atoms with Crippen LogP contribution >= 0.6 is 0 Å². The van der Waals surface area contributed by atoms with Gasteiger partial charge in [-0.2, -0.15) is 0 Å². The smallest absolute Gasteiger partial charge is 0.174 e. The van der Waals surface area contributed by atoms with E-state index in [2.05, 4.69) is 4.99 Å². The zero-order valence-corrected chi connectivity index (χ0v) is 6.32. The number of rotatable bonds is 0. The molecular weight excluding hydrogens is 154 g/mol. The number of Topliss-reactive ketones (excluding diaryl/α,β-unsaturated/α-hetero) is 1. The van der Waals surface area contributed by atoms with Gasteiger partial charge in [-0.3, -0.25) is 9.79 Å². The summed E-state index contributed by atoms with van der Waals surface area (Å²) in [4.78, 5) is 15.3. The number of aromatic hydroxyl groups is 1. The van der Waals surface area contributed by atoms with Gasteiger partial charge in [-0.05, 0) is 12.1 Å². The first kappa shape index (κ1) is 7.03. The Morgan fingerprint density at radius 2 is 2.25 bits per heavy atom. The van der Waals surface area contributed by atoms with Gasteiger partial charge in [0.2, 0.25) is 0 Å². The molecule has 0 saturated heterocycles. The molecule has 0 unspecified atom stereocenters. The molecule has 0 aromatic heterocycles. The van der Waals surface area contributed by atoms with E-state index in [9.17, 15) is 9.90 Å². The topological polar surface area (TPSA) is 49.7 Å². The molecule has 0 aliphatic carbocycles. The Morgan fingerprint density at radius 3 is 3.00 bits per heavy atom. The highest BCUT2D eigenvalue weighted by atomic mass is 16.3. The second-order valence-electron chi connectivity index (χ2n) is 2.61. The van der Waals surface area contributed by atoms with Gasteiger partial charge >= 0.3 is 0 Å². The second kappa shape index (κ2) is 2.44. The number of carbonyl (C=O) groups excluding carboxylic acids is 1. The molecule has 1 aromatic carbocycles. The quantitative estimate of drug-likeness (QED) is 0.629. The van der Waals surface area contributed by atoms with Crippen LogP contribution in [0.3, 0.4) is 0 Å². The van der Waals surface area contributed by atoms with E-state index in [0.717, 1.165) is 0 Å². The molecular formula is C9H7NO2. The standard InChI is InChI=1S/C9H7NO2/c11-7-3-1-2-6-9(7)8(12)4-5-10-6/h1-3,5,11H,4H2. The summed E-state index contributed by atoms with van der Waals surface area (Å²) < 4.78 is 0. The molecule has 0 spiro atoms. The Hall–Kier alpha value is -1.64. The number of hydrogen-bond donors (Lipinski definition) is 1. The fourth-order valence-electron chi connectivity index (χ4n) is 1.25. The fourth-order valence-corrected chi connectivity index (χ4v) is 1.25. The van der Waals surface area contributed by atoms with Crippen LogP contribution in [0, 0.1) is 0 Å². The summed E-state index contributed by atoms with van der Waals surface area (Å²) in [6.45, 7) is 0. The Kier molecular flexibility index (Phi) is 1.43. The minimum atomic E-state index is -0.0712. The number of aliphatic imine (C=N–C) groups is 1. The van der Waals surface area contributed by atoms with E-state index >= 15 is 0 Å². The van der Waals surface area contributed by atoms with Crippen LogP contribution in [0.25, 0.3) is 0 Å². The van der Waals surface area contributed by atoms with Crippen molar-refractivity contribution in [3.05, 3.63) is 23.8 Å². The van der Waals surface area contributed by atoms with Gasteiger partial charge < -0.3 is 5.11 Å². The molecule has 1 aromatic rings. The van der Waals surface area contributed by atoms with Gasteiger partial charge in [0.05, 0.1) is 11.3 Å². The van der Waals surface area contributed by atoms with E-state index < -0.39 is 0 Å². The minimum absolute atomic E-state index is 0.0225. The van der Waals surface area contributed by atoms with Crippen molar-refractivity contribution in [1.82, 2.24) is 0 Å². The molecule has 1 heterocycles. The number of phenolic OH excluding ortho intramolecular Hbond substituents is 1. The van der Waals surface area contributed by atoms with Crippen LogP contribution in [0.2, 0.25) is 0 Å². The summed E-state index contributed by atoms with van der Waals surface area (Å²) in [5, 5.41) is 9.33. The molecule has 1 aliphatic heterocycles. The third-order valence-corrected chi connectivity index (χ3v) is 1.81. The number of ketones is 1. The van der Waals surface area contributed by atoms with Gasteiger partial charge in [-0.1, -0.05) is 6.07 Å². The average molecular weight is 161 g/mol. The highest BCUT2D eigenvalue weighted by molar-refractivity contribution is 6.11. The Labute approximate surface area is 69.4 Å². The summed E-state index contributed by atoms with van der Waals surface area (Å²) >= 11 is 0. The van der Waals surface area contributed by atoms with Crippen LogP contribution in [0.5, 0.6) is 5.75 Å². The molecule has 0 radical (unpaired) electrons. The molecule has 0 amide bonds. The van der Waals surface area contributed by atoms with Gasteiger partial charge in [0.15, 0.2) is 5.78 Å². The zero-order valence-electron chi connectivity index (χ0n) is 6.32. The molecule has 3 heteroatoms. The molecule has 0 fully saturated rings. The molecule has 0 atom stereocenters. The maximum absolute atomic E-state index is 11.3. The first-order valence-electron chi connectivity index (χ1n) is 3.67. The summed E-state index contributed by atoms with van der Waals surface area (Å²) in [7, 11) is 0. The third-order valence-electron chi connectivity index (χ3n) is 1.81. The van der Waals surface area contributed by atoms with Crippen LogP contribution in [0.15, 0.2) is 23.2 Å². The van der Waals surface area contributed by atoms with E-state index in [4.69, 9.17) is 0 Å². The van der Waals surface area contributed by atoms with Crippen molar-refractivity contribution < 1.29 is 9.90 Å². The summed E-state index contributed by atoms with van der Waals surface area (Å²) in [5.74, 6) is -0.0487. The molecule has 3 nitrogen and oxygen atoms in total. The number of benzene rings is 1. The number of fused-ring (bicyclic) bond motifs is 1. The van der Waals surface area contributed by atoms with Crippen LogP contribution in [-0.4, -0.2) is 17.1 Å². The van der Waals surface area contributed by atoms with Crippen molar-refractivity contribution >= 4 is 17.7 Å². The average Bonchev–Trinajstić information content (AvgIpc) is 2.04. The lowest BCUT2D eigenvalue weighted by molar-refractivity contribution is 0.0998. The van der Waals surface area contributed by atoms with Crippen LogP contribution in [0.1, 0.15) is 16.8 Å². The Balaban J connectivity index is 2.70. The predicted molar refractivity (Wildman–Crippen MR) is 45.2 cm³/mol. The highest BCUT2D eigenvalue weighted by Crippen LogP contribution is 2.30. The van der Waals surface area contributed by atoms with Crippen LogP contribution in [0.4, 0.5) is 5.69 Å². The van der Waals surface area contributed by atoms with E-state index in [0.29, 0.717) is 11.3 Å². The molecule has 0 saturated carbocycles. The lowest BCUT2D eigenvalue weighted by atomic mass is 10.0. The van der Waals surface area contributed by atoms with E-state index in [1.54, 1.807) is 18.3 Å². The van der Waals surface area contributed by atoms with Crippen LogP contribution < -0.4 is 0 Å². The largest absolute Gasteiger partial charge is 0.507 e. The van der Waals surface area contributed by atoms with Gasteiger partial charge in [-0.25, -0.2) is 0 Å². The highest BCUT2D eigenvalue weighted by Gasteiger charge is 2.17. The summed E-state index contributed by atoms with van der Waals surface area (Å²) in [6, 6.07) is 4.88. The van der Waals surface area contributed by atoms with Crippen molar-refractivity contribution in [3.8, 4) is 5.75 Å². The SMILES string of the molecule is O=C1CC=Nc2cccc(O)c21. The maximum Gasteiger partial charge on any atom is 0.174 e. The molecule has 60 valence electrons. The number of phenols is 1. The Bertz CT molecular complexity index is 369. The number of hydrogen-bond acceptors (Lipinski definition) is 3. The van der Waals surface area contributed by atoms with Crippen molar-refractivity contribution in [2.75, 3.05) is 0 Å². The van der Waals surface area contributed by atoms with E-state index in [1.165, 1.54) is 6.07 Å².